The lowest BCUT2D eigenvalue weighted by Gasteiger charge is -1.96. The largest absolute Gasteiger partial charge is 0.315 e. The van der Waals surface area contributed by atoms with Gasteiger partial charge in [-0.3, -0.25) is 4.98 Å². The highest BCUT2D eigenvalue weighted by Gasteiger charge is 2.09. The number of pyridine rings is 1. The van der Waals surface area contributed by atoms with Gasteiger partial charge in [-0.05, 0) is 33.0 Å². The zero-order chi connectivity index (χ0) is 11.5. The van der Waals surface area contributed by atoms with Crippen LogP contribution in [0.15, 0.2) is 18.2 Å². The van der Waals surface area contributed by atoms with Gasteiger partial charge in [-0.15, -0.1) is 11.3 Å². The summed E-state index contributed by atoms with van der Waals surface area (Å²) in [6.45, 7) is 4.91. The summed E-state index contributed by atoms with van der Waals surface area (Å²) in [5.74, 6) is 0. The van der Waals surface area contributed by atoms with Crippen LogP contribution < -0.4 is 5.32 Å². The van der Waals surface area contributed by atoms with E-state index in [-0.39, 0.29) is 0 Å². The monoisotopic (exact) mass is 233 g/mol. The van der Waals surface area contributed by atoms with Gasteiger partial charge in [-0.25, -0.2) is 4.98 Å². The number of rotatable bonds is 3. The van der Waals surface area contributed by atoms with Gasteiger partial charge < -0.3 is 5.32 Å². The van der Waals surface area contributed by atoms with E-state index in [2.05, 4.69) is 15.3 Å². The van der Waals surface area contributed by atoms with Crippen LogP contribution in [0.5, 0.6) is 0 Å². The second kappa shape index (κ2) is 4.72. The van der Waals surface area contributed by atoms with Gasteiger partial charge in [-0.2, -0.15) is 0 Å². The number of hydrogen-bond donors (Lipinski definition) is 1. The standard InChI is InChI=1S/C12H15N3S/c1-8-5-4-6-10(14-8)12-15-9(2)11(16-12)7-13-3/h4-6,13H,7H2,1-3H3. The van der Waals surface area contributed by atoms with Crippen molar-refractivity contribution in [1.29, 1.82) is 0 Å². The molecule has 4 heteroatoms. The van der Waals surface area contributed by atoms with Gasteiger partial charge in [0.05, 0.1) is 11.4 Å². The number of aryl methyl sites for hydroxylation is 2. The highest BCUT2D eigenvalue weighted by molar-refractivity contribution is 7.15. The number of aromatic nitrogens is 2. The molecule has 0 amide bonds. The fourth-order valence-corrected chi connectivity index (χ4v) is 2.57. The highest BCUT2D eigenvalue weighted by Crippen LogP contribution is 2.26. The average Bonchev–Trinajstić information content (AvgIpc) is 2.61. The Kier molecular flexibility index (Phi) is 3.31. The Morgan fingerprint density at radius 1 is 1.25 bits per heavy atom. The number of thiazole rings is 1. The van der Waals surface area contributed by atoms with Crippen LogP contribution in [-0.4, -0.2) is 17.0 Å². The van der Waals surface area contributed by atoms with Crippen molar-refractivity contribution in [2.75, 3.05) is 7.05 Å². The molecule has 0 aliphatic rings. The molecule has 2 aromatic rings. The lowest BCUT2D eigenvalue weighted by Crippen LogP contribution is -2.04. The van der Waals surface area contributed by atoms with E-state index in [4.69, 9.17) is 0 Å². The van der Waals surface area contributed by atoms with E-state index in [0.717, 1.165) is 28.6 Å². The first-order valence-corrected chi connectivity index (χ1v) is 6.07. The van der Waals surface area contributed by atoms with Gasteiger partial charge in [0.15, 0.2) is 0 Å². The molecule has 0 unspecified atom stereocenters. The van der Waals surface area contributed by atoms with Crippen molar-refractivity contribution in [3.8, 4) is 10.7 Å². The molecular formula is C12H15N3S. The van der Waals surface area contributed by atoms with Crippen molar-refractivity contribution in [2.45, 2.75) is 20.4 Å². The quantitative estimate of drug-likeness (QED) is 0.885. The number of nitrogens with one attached hydrogen (secondary N) is 1. The van der Waals surface area contributed by atoms with Crippen LogP contribution in [0.2, 0.25) is 0 Å². The Morgan fingerprint density at radius 2 is 2.06 bits per heavy atom. The molecule has 16 heavy (non-hydrogen) atoms. The minimum atomic E-state index is 0.870. The Bertz CT molecular complexity index is 491. The summed E-state index contributed by atoms with van der Waals surface area (Å²) in [4.78, 5) is 10.3. The van der Waals surface area contributed by atoms with E-state index in [1.54, 1.807) is 11.3 Å². The molecule has 0 aliphatic heterocycles. The predicted octanol–water partition coefficient (Wildman–Crippen LogP) is 2.54. The molecule has 0 aromatic carbocycles. The van der Waals surface area contributed by atoms with Crippen LogP contribution in [0.3, 0.4) is 0 Å². The summed E-state index contributed by atoms with van der Waals surface area (Å²) >= 11 is 1.71. The van der Waals surface area contributed by atoms with Gasteiger partial charge in [0, 0.05) is 17.1 Å². The molecule has 0 saturated carbocycles. The fraction of sp³-hybridized carbons (Fsp3) is 0.333. The van der Waals surface area contributed by atoms with Gasteiger partial charge in [0.25, 0.3) is 0 Å². The molecule has 0 saturated heterocycles. The van der Waals surface area contributed by atoms with Crippen LogP contribution >= 0.6 is 11.3 Å². The maximum atomic E-state index is 4.56. The Balaban J connectivity index is 2.37. The predicted molar refractivity (Wildman–Crippen MR) is 67.6 cm³/mol. The minimum absolute atomic E-state index is 0.870. The van der Waals surface area contributed by atoms with E-state index in [1.807, 2.05) is 39.1 Å². The SMILES string of the molecule is CNCc1sc(-c2cccc(C)n2)nc1C. The third kappa shape index (κ3) is 2.28. The van der Waals surface area contributed by atoms with Gasteiger partial charge in [-0.1, -0.05) is 6.07 Å². The first-order valence-electron chi connectivity index (χ1n) is 5.25. The first-order chi connectivity index (χ1) is 7.70. The van der Waals surface area contributed by atoms with Crippen LogP contribution in [0.1, 0.15) is 16.3 Å². The second-order valence-corrected chi connectivity index (χ2v) is 4.81. The summed E-state index contributed by atoms with van der Waals surface area (Å²) < 4.78 is 0. The van der Waals surface area contributed by atoms with E-state index in [9.17, 15) is 0 Å². The molecule has 84 valence electrons. The van der Waals surface area contributed by atoms with E-state index < -0.39 is 0 Å². The number of nitrogens with zero attached hydrogens (tertiary/aromatic N) is 2. The van der Waals surface area contributed by atoms with E-state index in [0.29, 0.717) is 0 Å². The summed E-state index contributed by atoms with van der Waals surface area (Å²) in [7, 11) is 1.95. The molecule has 0 spiro atoms. The smallest absolute Gasteiger partial charge is 0.142 e. The van der Waals surface area contributed by atoms with Crippen LogP contribution in [0.25, 0.3) is 10.7 Å². The van der Waals surface area contributed by atoms with Crippen molar-refractivity contribution in [1.82, 2.24) is 15.3 Å². The maximum absolute atomic E-state index is 4.56. The fourth-order valence-electron chi connectivity index (χ4n) is 1.52. The second-order valence-electron chi connectivity index (χ2n) is 3.72. The lowest BCUT2D eigenvalue weighted by molar-refractivity contribution is 0.823. The topological polar surface area (TPSA) is 37.8 Å². The average molecular weight is 233 g/mol. The van der Waals surface area contributed by atoms with Crippen LogP contribution in [0, 0.1) is 13.8 Å². The summed E-state index contributed by atoms with van der Waals surface area (Å²) in [6.07, 6.45) is 0. The molecule has 3 nitrogen and oxygen atoms in total. The molecule has 2 rings (SSSR count). The third-order valence-electron chi connectivity index (χ3n) is 2.34. The molecule has 0 bridgehead atoms. The van der Waals surface area contributed by atoms with Gasteiger partial charge in [0.1, 0.15) is 5.01 Å². The van der Waals surface area contributed by atoms with Crippen molar-refractivity contribution in [3.05, 3.63) is 34.5 Å². The van der Waals surface area contributed by atoms with Crippen molar-refractivity contribution >= 4 is 11.3 Å². The summed E-state index contributed by atoms with van der Waals surface area (Å²) in [5, 5.41) is 4.16. The molecule has 0 atom stereocenters. The van der Waals surface area contributed by atoms with Crippen molar-refractivity contribution in [2.24, 2.45) is 0 Å². The van der Waals surface area contributed by atoms with E-state index in [1.165, 1.54) is 4.88 Å². The minimum Gasteiger partial charge on any atom is -0.315 e. The molecule has 0 fully saturated rings. The normalized spacial score (nSPS) is 10.7. The zero-order valence-corrected chi connectivity index (χ0v) is 10.6. The number of hydrogen-bond acceptors (Lipinski definition) is 4. The first kappa shape index (κ1) is 11.2. The molecule has 0 radical (unpaired) electrons. The zero-order valence-electron chi connectivity index (χ0n) is 9.74. The molecule has 2 aromatic heterocycles. The van der Waals surface area contributed by atoms with Crippen LogP contribution in [0.4, 0.5) is 0 Å². The Morgan fingerprint density at radius 3 is 2.75 bits per heavy atom. The van der Waals surface area contributed by atoms with Gasteiger partial charge in [0.2, 0.25) is 0 Å². The molecule has 1 N–H and O–H groups in total. The van der Waals surface area contributed by atoms with Gasteiger partial charge >= 0.3 is 0 Å². The summed E-state index contributed by atoms with van der Waals surface area (Å²) in [5.41, 5.74) is 3.09. The Labute approximate surface area is 99.6 Å². The molecular weight excluding hydrogens is 218 g/mol. The lowest BCUT2D eigenvalue weighted by atomic mass is 10.3. The third-order valence-corrected chi connectivity index (χ3v) is 3.52. The van der Waals surface area contributed by atoms with Crippen LogP contribution in [-0.2, 0) is 6.54 Å². The Hall–Kier alpha value is -1.26. The van der Waals surface area contributed by atoms with E-state index >= 15 is 0 Å². The molecule has 0 aliphatic carbocycles. The maximum Gasteiger partial charge on any atom is 0.142 e. The highest BCUT2D eigenvalue weighted by atomic mass is 32.1. The summed E-state index contributed by atoms with van der Waals surface area (Å²) in [6, 6.07) is 6.03. The van der Waals surface area contributed by atoms with Crippen molar-refractivity contribution < 1.29 is 0 Å². The van der Waals surface area contributed by atoms with Crippen molar-refractivity contribution in [3.63, 3.8) is 0 Å². The molecule has 2 heterocycles.